The summed E-state index contributed by atoms with van der Waals surface area (Å²) < 4.78 is 0. The van der Waals surface area contributed by atoms with Crippen molar-refractivity contribution in [3.8, 4) is 0 Å². The minimum absolute atomic E-state index is 0.396. The van der Waals surface area contributed by atoms with Gasteiger partial charge in [0, 0.05) is 27.8 Å². The topological polar surface area (TPSA) is 12.0 Å². The van der Waals surface area contributed by atoms with Crippen LogP contribution in [-0.4, -0.2) is 13.6 Å². The van der Waals surface area contributed by atoms with Crippen LogP contribution >= 0.6 is 11.3 Å². The minimum Gasteiger partial charge on any atom is -0.316 e. The summed E-state index contributed by atoms with van der Waals surface area (Å²) >= 11 is 2.02. The van der Waals surface area contributed by atoms with Crippen LogP contribution in [0.4, 0.5) is 0 Å². The van der Waals surface area contributed by atoms with Crippen LogP contribution in [0.2, 0.25) is 0 Å². The predicted molar refractivity (Wildman–Crippen MR) is 116 cm³/mol. The Hall–Kier alpha value is -1.64. The van der Waals surface area contributed by atoms with Crippen molar-refractivity contribution in [3.63, 3.8) is 0 Å². The molecule has 2 heteroatoms. The molecule has 0 bridgehead atoms. The summed E-state index contributed by atoms with van der Waals surface area (Å²) in [5, 5.41) is 3.38. The lowest BCUT2D eigenvalue weighted by Gasteiger charge is -2.30. The molecule has 1 heterocycles. The first kappa shape index (κ1) is 17.8. The number of thiophene rings is 1. The molecule has 1 atom stereocenters. The van der Waals surface area contributed by atoms with Crippen LogP contribution in [0.3, 0.4) is 0 Å². The lowest BCUT2D eigenvalue weighted by atomic mass is 9.75. The van der Waals surface area contributed by atoms with E-state index in [0.717, 1.165) is 13.0 Å². The second kappa shape index (κ2) is 6.83. The monoisotopic (exact) mass is 363 g/mol. The summed E-state index contributed by atoms with van der Waals surface area (Å²) in [5.74, 6) is 0.517. The Bertz CT molecular complexity index is 857. The van der Waals surface area contributed by atoms with Gasteiger partial charge in [0.2, 0.25) is 0 Å². The fourth-order valence-corrected chi connectivity index (χ4v) is 6.01. The Labute approximate surface area is 161 Å². The second-order valence-corrected chi connectivity index (χ2v) is 9.57. The molecular weight excluding hydrogens is 334 g/mol. The summed E-state index contributed by atoms with van der Waals surface area (Å²) in [6, 6.07) is 0. The minimum atomic E-state index is 0.396. The van der Waals surface area contributed by atoms with Crippen molar-refractivity contribution in [3.05, 3.63) is 69.0 Å². The van der Waals surface area contributed by atoms with Crippen molar-refractivity contribution >= 4 is 23.0 Å². The Kier molecular flexibility index (Phi) is 4.66. The second-order valence-electron chi connectivity index (χ2n) is 8.47. The normalized spacial score (nSPS) is 23.5. The zero-order valence-electron chi connectivity index (χ0n) is 16.2. The molecule has 1 nitrogen and oxygen atoms in total. The molecule has 136 valence electrons. The van der Waals surface area contributed by atoms with Crippen molar-refractivity contribution in [2.45, 2.75) is 39.5 Å². The molecule has 0 aliphatic heterocycles. The summed E-state index contributed by atoms with van der Waals surface area (Å²) in [7, 11) is 2.04. The van der Waals surface area contributed by atoms with Gasteiger partial charge in [-0.05, 0) is 60.4 Å². The van der Waals surface area contributed by atoms with E-state index in [4.69, 9.17) is 0 Å². The predicted octanol–water partition coefficient (Wildman–Crippen LogP) is 5.95. The summed E-state index contributed by atoms with van der Waals surface area (Å²) in [5.41, 5.74) is 7.74. The van der Waals surface area contributed by atoms with Gasteiger partial charge in [-0.1, -0.05) is 56.9 Å². The van der Waals surface area contributed by atoms with Crippen LogP contribution in [-0.2, 0) is 12.8 Å². The SMILES string of the molecule is C=Cc1c(C2=C3C=CC=CC3CC=C2CNC)sc2c1CC(C)(C)CC2. The van der Waals surface area contributed by atoms with Crippen molar-refractivity contribution < 1.29 is 0 Å². The van der Waals surface area contributed by atoms with E-state index in [9.17, 15) is 0 Å². The molecule has 3 aliphatic carbocycles. The molecule has 0 radical (unpaired) electrons. The maximum absolute atomic E-state index is 4.21. The summed E-state index contributed by atoms with van der Waals surface area (Å²) in [4.78, 5) is 3.03. The number of nitrogens with one attached hydrogen (secondary N) is 1. The fourth-order valence-electron chi connectivity index (χ4n) is 4.59. The molecule has 1 aromatic rings. The first-order chi connectivity index (χ1) is 12.5. The van der Waals surface area contributed by atoms with Crippen LogP contribution in [0.15, 0.2) is 48.1 Å². The van der Waals surface area contributed by atoms with E-state index in [0.29, 0.717) is 11.3 Å². The van der Waals surface area contributed by atoms with E-state index in [1.54, 1.807) is 10.4 Å². The third-order valence-electron chi connectivity index (χ3n) is 5.97. The number of hydrogen-bond acceptors (Lipinski definition) is 2. The number of aryl methyl sites for hydroxylation is 1. The van der Waals surface area contributed by atoms with Gasteiger partial charge < -0.3 is 5.32 Å². The van der Waals surface area contributed by atoms with Crippen molar-refractivity contribution in [1.29, 1.82) is 0 Å². The highest BCUT2D eigenvalue weighted by Gasteiger charge is 2.32. The molecule has 0 saturated carbocycles. The average Bonchev–Trinajstić information content (AvgIpc) is 2.97. The van der Waals surface area contributed by atoms with Gasteiger partial charge in [-0.15, -0.1) is 11.3 Å². The molecule has 0 fully saturated rings. The van der Waals surface area contributed by atoms with Gasteiger partial charge in [-0.3, -0.25) is 0 Å². The van der Waals surface area contributed by atoms with E-state index < -0.39 is 0 Å². The molecule has 0 amide bonds. The highest BCUT2D eigenvalue weighted by Crippen LogP contribution is 2.48. The molecule has 1 unspecified atom stereocenters. The van der Waals surface area contributed by atoms with Gasteiger partial charge in [0.15, 0.2) is 0 Å². The average molecular weight is 364 g/mol. The number of hydrogen-bond donors (Lipinski definition) is 1. The maximum atomic E-state index is 4.21. The van der Waals surface area contributed by atoms with Gasteiger partial charge in [-0.2, -0.15) is 0 Å². The highest BCUT2D eigenvalue weighted by atomic mass is 32.1. The van der Waals surface area contributed by atoms with Gasteiger partial charge in [0.25, 0.3) is 0 Å². The summed E-state index contributed by atoms with van der Waals surface area (Å²) in [6.07, 6.45) is 18.4. The van der Waals surface area contributed by atoms with E-state index in [-0.39, 0.29) is 0 Å². The van der Waals surface area contributed by atoms with E-state index in [1.165, 1.54) is 46.4 Å². The molecule has 1 aromatic heterocycles. The number of allylic oxidation sites excluding steroid dienone is 6. The molecule has 3 aliphatic rings. The molecule has 4 rings (SSSR count). The largest absolute Gasteiger partial charge is 0.316 e. The number of fused-ring (bicyclic) bond motifs is 2. The van der Waals surface area contributed by atoms with E-state index in [2.05, 4.69) is 62.2 Å². The Morgan fingerprint density at radius 1 is 1.35 bits per heavy atom. The van der Waals surface area contributed by atoms with Crippen LogP contribution in [0.25, 0.3) is 11.6 Å². The Balaban J connectivity index is 1.90. The Morgan fingerprint density at radius 2 is 2.19 bits per heavy atom. The van der Waals surface area contributed by atoms with Crippen molar-refractivity contribution in [1.82, 2.24) is 5.32 Å². The highest BCUT2D eigenvalue weighted by molar-refractivity contribution is 7.13. The van der Waals surface area contributed by atoms with Crippen molar-refractivity contribution in [2.75, 3.05) is 13.6 Å². The first-order valence-corrected chi connectivity index (χ1v) is 10.6. The maximum Gasteiger partial charge on any atom is 0.0426 e. The molecule has 0 spiro atoms. The zero-order chi connectivity index (χ0) is 18.3. The van der Waals surface area contributed by atoms with Crippen LogP contribution < -0.4 is 5.32 Å². The third kappa shape index (κ3) is 3.00. The van der Waals surface area contributed by atoms with E-state index >= 15 is 0 Å². The third-order valence-corrected chi connectivity index (χ3v) is 7.30. The summed E-state index contributed by atoms with van der Waals surface area (Å²) in [6.45, 7) is 9.94. The molecule has 1 N–H and O–H groups in total. The molecule has 0 saturated heterocycles. The first-order valence-electron chi connectivity index (χ1n) is 9.74. The van der Waals surface area contributed by atoms with E-state index in [1.807, 2.05) is 18.4 Å². The van der Waals surface area contributed by atoms with Gasteiger partial charge in [0.1, 0.15) is 0 Å². The van der Waals surface area contributed by atoms with Gasteiger partial charge in [-0.25, -0.2) is 0 Å². The molecule has 26 heavy (non-hydrogen) atoms. The fraction of sp³-hybridized carbons (Fsp3) is 0.417. The quantitative estimate of drug-likeness (QED) is 0.697. The van der Waals surface area contributed by atoms with Gasteiger partial charge >= 0.3 is 0 Å². The molecule has 0 aromatic carbocycles. The standard InChI is InChI=1S/C24H29NS/c1-5-18-20-14-24(2,3)13-12-21(20)26-23(18)22-17(15-25-4)11-10-16-8-6-7-9-19(16)22/h5-9,11,16,25H,1,10,12-15H2,2-4H3. The smallest absolute Gasteiger partial charge is 0.0426 e. The van der Waals surface area contributed by atoms with Crippen molar-refractivity contribution in [2.24, 2.45) is 11.3 Å². The number of likely N-dealkylation sites (N-methyl/N-ethyl adjacent to an activating group) is 1. The Morgan fingerprint density at radius 3 is 2.96 bits per heavy atom. The van der Waals surface area contributed by atoms with Crippen LogP contribution in [0.5, 0.6) is 0 Å². The lowest BCUT2D eigenvalue weighted by Crippen LogP contribution is -2.21. The number of rotatable bonds is 4. The lowest BCUT2D eigenvalue weighted by molar-refractivity contribution is 0.318. The molecular formula is C24H29NS. The van der Waals surface area contributed by atoms with Crippen LogP contribution in [0.1, 0.15) is 47.6 Å². The van der Waals surface area contributed by atoms with Crippen LogP contribution in [0, 0.1) is 11.3 Å². The zero-order valence-corrected chi connectivity index (χ0v) is 17.0. The van der Waals surface area contributed by atoms with Gasteiger partial charge in [0.05, 0.1) is 0 Å².